The van der Waals surface area contributed by atoms with Crippen LogP contribution in [0.3, 0.4) is 0 Å². The molecule has 0 bridgehead atoms. The summed E-state index contributed by atoms with van der Waals surface area (Å²) in [5.74, 6) is 0. The number of rotatable bonds is 1. The first kappa shape index (κ1) is 13.2. The molecule has 0 radical (unpaired) electrons. The van der Waals surface area contributed by atoms with Crippen molar-refractivity contribution in [2.45, 2.75) is 12.5 Å². The van der Waals surface area contributed by atoms with E-state index < -0.39 is 0 Å². The van der Waals surface area contributed by atoms with Gasteiger partial charge in [0.05, 0.1) is 6.04 Å². The Hall–Kier alpha value is -1.84. The van der Waals surface area contributed by atoms with Gasteiger partial charge in [-0.15, -0.1) is 12.4 Å². The van der Waals surface area contributed by atoms with E-state index in [0.717, 1.165) is 13.0 Å². The second kappa shape index (κ2) is 5.27. The molecule has 0 saturated heterocycles. The highest BCUT2D eigenvalue weighted by Crippen LogP contribution is 2.32. The molecule has 2 aromatic heterocycles. The minimum absolute atomic E-state index is 0. The molecule has 1 aliphatic rings. The zero-order chi connectivity index (χ0) is 12.7. The first-order valence-electron chi connectivity index (χ1n) is 6.66. The maximum absolute atomic E-state index is 4.23. The summed E-state index contributed by atoms with van der Waals surface area (Å²) >= 11 is 0. The Balaban J connectivity index is 0.00000121. The largest absolute Gasteiger partial charge is 0.357 e. The van der Waals surface area contributed by atoms with Crippen molar-refractivity contribution in [3.8, 4) is 0 Å². The van der Waals surface area contributed by atoms with Gasteiger partial charge in [-0.05, 0) is 29.7 Å². The van der Waals surface area contributed by atoms with Crippen molar-refractivity contribution in [2.24, 2.45) is 0 Å². The molecule has 3 nitrogen and oxygen atoms in total. The molecule has 0 saturated carbocycles. The lowest BCUT2D eigenvalue weighted by Crippen LogP contribution is -2.30. The lowest BCUT2D eigenvalue weighted by Gasteiger charge is -2.24. The van der Waals surface area contributed by atoms with Crippen LogP contribution in [0.15, 0.2) is 48.8 Å². The van der Waals surface area contributed by atoms with E-state index in [-0.39, 0.29) is 18.4 Å². The molecule has 4 heteroatoms. The first-order valence-corrected chi connectivity index (χ1v) is 6.66. The molecule has 3 heterocycles. The smallest absolute Gasteiger partial charge is 0.0747 e. The van der Waals surface area contributed by atoms with Crippen molar-refractivity contribution in [2.75, 3.05) is 6.54 Å². The number of fused-ring (bicyclic) bond motifs is 3. The zero-order valence-corrected chi connectivity index (χ0v) is 11.8. The SMILES string of the molecule is Cl.c1cncc(C2NCCc3c2[nH]c2ccccc32)c1. The summed E-state index contributed by atoms with van der Waals surface area (Å²) in [5.41, 5.74) is 5.18. The number of nitrogens with one attached hydrogen (secondary N) is 2. The number of halogens is 1. The molecule has 3 aromatic rings. The molecule has 102 valence electrons. The molecule has 0 fully saturated rings. The molecule has 2 N–H and O–H groups in total. The predicted octanol–water partition coefficient (Wildman–Crippen LogP) is 3.22. The number of nitrogens with zero attached hydrogens (tertiary/aromatic N) is 1. The minimum Gasteiger partial charge on any atom is -0.357 e. The summed E-state index contributed by atoms with van der Waals surface area (Å²) < 4.78 is 0. The Morgan fingerprint density at radius 2 is 2.00 bits per heavy atom. The minimum atomic E-state index is 0. The van der Waals surface area contributed by atoms with Crippen LogP contribution in [0, 0.1) is 0 Å². The molecule has 1 unspecified atom stereocenters. The van der Waals surface area contributed by atoms with Crippen LogP contribution in [0.1, 0.15) is 22.9 Å². The number of aromatic amines is 1. The van der Waals surface area contributed by atoms with E-state index in [1.165, 1.54) is 27.7 Å². The second-order valence-electron chi connectivity index (χ2n) is 4.99. The van der Waals surface area contributed by atoms with Crippen molar-refractivity contribution in [1.82, 2.24) is 15.3 Å². The van der Waals surface area contributed by atoms with Crippen LogP contribution in [-0.2, 0) is 6.42 Å². The van der Waals surface area contributed by atoms with E-state index in [2.05, 4.69) is 45.6 Å². The van der Waals surface area contributed by atoms with Gasteiger partial charge in [-0.25, -0.2) is 0 Å². The van der Waals surface area contributed by atoms with Crippen molar-refractivity contribution >= 4 is 23.3 Å². The van der Waals surface area contributed by atoms with Crippen molar-refractivity contribution in [3.63, 3.8) is 0 Å². The van der Waals surface area contributed by atoms with Gasteiger partial charge in [-0.3, -0.25) is 4.98 Å². The number of hydrogen-bond acceptors (Lipinski definition) is 2. The Morgan fingerprint density at radius 1 is 1.10 bits per heavy atom. The van der Waals surface area contributed by atoms with Crippen LogP contribution in [-0.4, -0.2) is 16.5 Å². The lowest BCUT2D eigenvalue weighted by molar-refractivity contribution is 0.559. The van der Waals surface area contributed by atoms with E-state index in [9.17, 15) is 0 Å². The number of para-hydroxylation sites is 1. The predicted molar refractivity (Wildman–Crippen MR) is 83.3 cm³/mol. The van der Waals surface area contributed by atoms with Gasteiger partial charge in [0.15, 0.2) is 0 Å². The summed E-state index contributed by atoms with van der Waals surface area (Å²) in [5, 5.41) is 4.94. The third-order valence-electron chi connectivity index (χ3n) is 3.88. The lowest BCUT2D eigenvalue weighted by atomic mass is 9.95. The fourth-order valence-electron chi connectivity index (χ4n) is 3.01. The fourth-order valence-corrected chi connectivity index (χ4v) is 3.01. The third-order valence-corrected chi connectivity index (χ3v) is 3.88. The highest BCUT2D eigenvalue weighted by atomic mass is 35.5. The summed E-state index contributed by atoms with van der Waals surface area (Å²) in [7, 11) is 0. The number of benzene rings is 1. The summed E-state index contributed by atoms with van der Waals surface area (Å²) in [6.45, 7) is 1.01. The van der Waals surface area contributed by atoms with Gasteiger partial charge in [-0.1, -0.05) is 24.3 Å². The number of H-pyrrole nitrogens is 1. The topological polar surface area (TPSA) is 40.7 Å². The normalized spacial score (nSPS) is 17.5. The van der Waals surface area contributed by atoms with E-state index >= 15 is 0 Å². The van der Waals surface area contributed by atoms with Gasteiger partial charge in [0.2, 0.25) is 0 Å². The molecule has 1 aromatic carbocycles. The van der Waals surface area contributed by atoms with Gasteiger partial charge >= 0.3 is 0 Å². The Labute approximate surface area is 123 Å². The van der Waals surface area contributed by atoms with E-state index in [1.807, 2.05) is 18.5 Å². The standard InChI is InChI=1S/C16H15N3.ClH/c1-2-6-14-12(5-1)13-7-9-18-15(16(13)19-14)11-4-3-8-17-10-11;/h1-6,8,10,15,18-19H,7,9H2;1H. The van der Waals surface area contributed by atoms with Gasteiger partial charge in [0.1, 0.15) is 0 Å². The maximum atomic E-state index is 4.23. The first-order chi connectivity index (χ1) is 9.43. The fraction of sp³-hybridized carbons (Fsp3) is 0.188. The molecule has 0 amide bonds. The zero-order valence-electron chi connectivity index (χ0n) is 11.0. The second-order valence-corrected chi connectivity index (χ2v) is 4.99. The highest BCUT2D eigenvalue weighted by molar-refractivity contribution is 5.85. The summed E-state index contributed by atoms with van der Waals surface area (Å²) in [6, 6.07) is 12.9. The molecule has 0 spiro atoms. The number of aromatic nitrogens is 2. The van der Waals surface area contributed by atoms with Crippen LogP contribution in [0.2, 0.25) is 0 Å². The van der Waals surface area contributed by atoms with Crippen molar-refractivity contribution < 1.29 is 0 Å². The molecule has 1 atom stereocenters. The monoisotopic (exact) mass is 285 g/mol. The van der Waals surface area contributed by atoms with E-state index in [0.29, 0.717) is 0 Å². The number of pyridine rings is 1. The van der Waals surface area contributed by atoms with Crippen LogP contribution in [0.5, 0.6) is 0 Å². The van der Waals surface area contributed by atoms with Gasteiger partial charge in [-0.2, -0.15) is 0 Å². The van der Waals surface area contributed by atoms with Gasteiger partial charge in [0, 0.05) is 35.5 Å². The van der Waals surface area contributed by atoms with Crippen LogP contribution in [0.25, 0.3) is 10.9 Å². The third kappa shape index (κ3) is 1.99. The van der Waals surface area contributed by atoms with Crippen molar-refractivity contribution in [3.05, 3.63) is 65.6 Å². The van der Waals surface area contributed by atoms with E-state index in [4.69, 9.17) is 0 Å². The van der Waals surface area contributed by atoms with Gasteiger partial charge in [0.25, 0.3) is 0 Å². The Bertz CT molecular complexity index is 721. The Kier molecular flexibility index (Phi) is 3.47. The summed E-state index contributed by atoms with van der Waals surface area (Å²) in [6.07, 6.45) is 4.84. The van der Waals surface area contributed by atoms with Crippen LogP contribution in [0.4, 0.5) is 0 Å². The molecule has 20 heavy (non-hydrogen) atoms. The van der Waals surface area contributed by atoms with Crippen molar-refractivity contribution in [1.29, 1.82) is 0 Å². The number of hydrogen-bond donors (Lipinski definition) is 2. The average Bonchev–Trinajstić information content (AvgIpc) is 2.87. The quantitative estimate of drug-likeness (QED) is 0.721. The molecule has 4 rings (SSSR count). The maximum Gasteiger partial charge on any atom is 0.0747 e. The molecule has 1 aliphatic heterocycles. The van der Waals surface area contributed by atoms with Crippen LogP contribution >= 0.6 is 12.4 Å². The molecular formula is C16H16ClN3. The summed E-state index contributed by atoms with van der Waals surface area (Å²) in [4.78, 5) is 7.81. The molecular weight excluding hydrogens is 270 g/mol. The van der Waals surface area contributed by atoms with Crippen LogP contribution < -0.4 is 5.32 Å². The Morgan fingerprint density at radius 3 is 2.85 bits per heavy atom. The van der Waals surface area contributed by atoms with E-state index in [1.54, 1.807) is 0 Å². The average molecular weight is 286 g/mol. The highest BCUT2D eigenvalue weighted by Gasteiger charge is 2.24. The molecule has 0 aliphatic carbocycles. The van der Waals surface area contributed by atoms with Gasteiger partial charge < -0.3 is 10.3 Å².